The zero-order chi connectivity index (χ0) is 20.0. The molecule has 0 bridgehead atoms. The molecule has 0 aromatic carbocycles. The molecule has 2 aliphatic carbocycles. The van der Waals surface area contributed by atoms with Crippen LogP contribution in [-0.4, -0.2) is 51.0 Å². The number of likely N-dealkylation sites (tertiary alicyclic amines) is 1. The van der Waals surface area contributed by atoms with E-state index in [1.165, 1.54) is 19.0 Å². The van der Waals surface area contributed by atoms with E-state index in [1.54, 1.807) is 19.1 Å². The van der Waals surface area contributed by atoms with Crippen molar-refractivity contribution in [3.8, 4) is 11.5 Å². The van der Waals surface area contributed by atoms with Gasteiger partial charge in [0.25, 0.3) is 5.91 Å². The van der Waals surface area contributed by atoms with Gasteiger partial charge < -0.3 is 14.7 Å². The van der Waals surface area contributed by atoms with Gasteiger partial charge in [-0.05, 0) is 63.0 Å². The molecule has 3 heterocycles. The molecule has 2 aromatic rings. The maximum Gasteiger partial charge on any atom is 0.253 e. The average molecular weight is 395 g/mol. The molecular formula is C21H25N5O3. The first-order valence-corrected chi connectivity index (χ1v) is 10.4. The number of nitrogens with one attached hydrogen (secondary N) is 1. The first kappa shape index (κ1) is 18.3. The Morgan fingerprint density at radius 2 is 1.97 bits per heavy atom. The summed E-state index contributed by atoms with van der Waals surface area (Å²) in [4.78, 5) is 35.7. The smallest absolute Gasteiger partial charge is 0.253 e. The van der Waals surface area contributed by atoms with E-state index in [0.717, 1.165) is 38.8 Å². The van der Waals surface area contributed by atoms with Crippen LogP contribution in [0.2, 0.25) is 0 Å². The molecule has 2 amide bonds. The van der Waals surface area contributed by atoms with Crippen molar-refractivity contribution in [2.75, 3.05) is 13.1 Å². The zero-order valence-electron chi connectivity index (χ0n) is 16.6. The number of aromatic nitrogens is 3. The zero-order valence-corrected chi connectivity index (χ0v) is 16.6. The average Bonchev–Trinajstić information content (AvgIpc) is 3.68. The fraction of sp³-hybridized carbons (Fsp3) is 0.571. The summed E-state index contributed by atoms with van der Waals surface area (Å²) < 4.78 is 5.25. The van der Waals surface area contributed by atoms with Gasteiger partial charge in [-0.25, -0.2) is 0 Å². The summed E-state index contributed by atoms with van der Waals surface area (Å²) in [6.07, 6.45) is 8.43. The summed E-state index contributed by atoms with van der Waals surface area (Å²) in [5.74, 6) is 1.14. The fourth-order valence-corrected chi connectivity index (χ4v) is 3.99. The molecule has 3 aliphatic rings. The van der Waals surface area contributed by atoms with Crippen LogP contribution >= 0.6 is 0 Å². The number of nitrogens with zero attached hydrogens (tertiary/aromatic N) is 4. The third kappa shape index (κ3) is 3.75. The number of hydrogen-bond donors (Lipinski definition) is 1. The summed E-state index contributed by atoms with van der Waals surface area (Å²) in [6.45, 7) is 3.33. The Bertz CT molecular complexity index is 920. The third-order valence-electron chi connectivity index (χ3n) is 6.43. The molecule has 1 spiro atoms. The van der Waals surface area contributed by atoms with Crippen molar-refractivity contribution in [1.29, 1.82) is 0 Å². The highest BCUT2D eigenvalue weighted by atomic mass is 16.5. The summed E-state index contributed by atoms with van der Waals surface area (Å²) in [5, 5.41) is 6.76. The van der Waals surface area contributed by atoms with Gasteiger partial charge in [-0.3, -0.25) is 14.6 Å². The second-order valence-corrected chi connectivity index (χ2v) is 8.68. The molecule has 0 unspecified atom stereocenters. The van der Waals surface area contributed by atoms with Crippen molar-refractivity contribution >= 4 is 11.8 Å². The number of carbonyl (C=O) groups excluding carboxylic acids is 2. The van der Waals surface area contributed by atoms with Crippen molar-refractivity contribution in [3.63, 3.8) is 0 Å². The minimum absolute atomic E-state index is 0.0159. The SMILES string of the molecule is C[C@@H](NC(=O)c1ccc(-c2noc(C3CC3)n2)nc1)C(=O)N1CCC2(CC1)CC2. The molecule has 1 N–H and O–H groups in total. The lowest BCUT2D eigenvalue weighted by molar-refractivity contribution is -0.134. The molecule has 5 rings (SSSR count). The Hall–Kier alpha value is -2.77. The van der Waals surface area contributed by atoms with Crippen LogP contribution in [0.15, 0.2) is 22.9 Å². The van der Waals surface area contributed by atoms with Crippen LogP contribution in [-0.2, 0) is 4.79 Å². The van der Waals surface area contributed by atoms with E-state index in [1.807, 2.05) is 4.90 Å². The highest BCUT2D eigenvalue weighted by Gasteiger charge is 2.45. The highest BCUT2D eigenvalue weighted by molar-refractivity contribution is 5.97. The number of carbonyl (C=O) groups is 2. The molecule has 2 saturated carbocycles. The molecule has 0 radical (unpaired) electrons. The lowest BCUT2D eigenvalue weighted by atomic mass is 9.93. The molecule has 1 atom stereocenters. The Balaban J connectivity index is 1.18. The van der Waals surface area contributed by atoms with E-state index in [2.05, 4.69) is 20.4 Å². The quantitative estimate of drug-likeness (QED) is 0.835. The van der Waals surface area contributed by atoms with E-state index in [4.69, 9.17) is 4.52 Å². The van der Waals surface area contributed by atoms with Gasteiger partial charge in [-0.1, -0.05) is 5.16 Å². The molecule has 1 saturated heterocycles. The van der Waals surface area contributed by atoms with Gasteiger partial charge in [0, 0.05) is 25.2 Å². The minimum atomic E-state index is -0.561. The maximum absolute atomic E-state index is 12.7. The van der Waals surface area contributed by atoms with Crippen LogP contribution in [0.5, 0.6) is 0 Å². The van der Waals surface area contributed by atoms with Gasteiger partial charge >= 0.3 is 0 Å². The van der Waals surface area contributed by atoms with Gasteiger partial charge in [0.05, 0.1) is 5.56 Å². The van der Waals surface area contributed by atoms with E-state index in [-0.39, 0.29) is 11.8 Å². The van der Waals surface area contributed by atoms with E-state index >= 15 is 0 Å². The van der Waals surface area contributed by atoms with Crippen molar-refractivity contribution in [1.82, 2.24) is 25.3 Å². The lowest BCUT2D eigenvalue weighted by Crippen LogP contribution is -2.49. The number of amides is 2. The number of rotatable bonds is 5. The standard InChI is InChI=1S/C21H25N5O3/c1-13(20(28)26-10-8-21(6-7-21)9-11-26)23-18(27)15-4-5-16(22-12-15)17-24-19(29-25-17)14-2-3-14/h4-5,12-14H,2-3,6-11H2,1H3,(H,23,27)/t13-/m1/s1. The molecule has 8 heteroatoms. The van der Waals surface area contributed by atoms with Crippen molar-refractivity contribution < 1.29 is 14.1 Å². The molecular weight excluding hydrogens is 370 g/mol. The van der Waals surface area contributed by atoms with Gasteiger partial charge in [0.2, 0.25) is 17.6 Å². The normalized spacial score (nSPS) is 21.1. The van der Waals surface area contributed by atoms with Crippen LogP contribution in [0.3, 0.4) is 0 Å². The molecule has 8 nitrogen and oxygen atoms in total. The van der Waals surface area contributed by atoms with Crippen LogP contribution in [0.25, 0.3) is 11.5 Å². The number of piperidine rings is 1. The lowest BCUT2D eigenvalue weighted by Gasteiger charge is -2.33. The van der Waals surface area contributed by atoms with Crippen molar-refractivity contribution in [2.24, 2.45) is 5.41 Å². The molecule has 2 aromatic heterocycles. The van der Waals surface area contributed by atoms with E-state index in [9.17, 15) is 9.59 Å². The summed E-state index contributed by atoms with van der Waals surface area (Å²) in [6, 6.07) is 2.80. The van der Waals surface area contributed by atoms with Crippen LogP contribution in [0.4, 0.5) is 0 Å². The van der Waals surface area contributed by atoms with Crippen molar-refractivity contribution in [2.45, 2.75) is 57.4 Å². The highest BCUT2D eigenvalue weighted by Crippen LogP contribution is 2.53. The Morgan fingerprint density at radius 3 is 2.59 bits per heavy atom. The molecule has 152 valence electrons. The number of hydrogen-bond acceptors (Lipinski definition) is 6. The Morgan fingerprint density at radius 1 is 1.21 bits per heavy atom. The largest absolute Gasteiger partial charge is 0.341 e. The molecule has 3 fully saturated rings. The van der Waals surface area contributed by atoms with E-state index in [0.29, 0.717) is 34.3 Å². The number of pyridine rings is 1. The van der Waals surface area contributed by atoms with E-state index < -0.39 is 6.04 Å². The van der Waals surface area contributed by atoms with Crippen molar-refractivity contribution in [3.05, 3.63) is 29.8 Å². The predicted octanol–water partition coefficient (Wildman–Crippen LogP) is 2.53. The van der Waals surface area contributed by atoms with Crippen LogP contribution in [0, 0.1) is 5.41 Å². The second-order valence-electron chi connectivity index (χ2n) is 8.68. The second kappa shape index (κ2) is 6.93. The first-order chi connectivity index (χ1) is 14.0. The van der Waals surface area contributed by atoms with Gasteiger partial charge in [-0.2, -0.15) is 4.98 Å². The summed E-state index contributed by atoms with van der Waals surface area (Å²) >= 11 is 0. The predicted molar refractivity (Wildman–Crippen MR) is 104 cm³/mol. The Labute approximate surface area is 169 Å². The van der Waals surface area contributed by atoms with Gasteiger partial charge in [0.1, 0.15) is 11.7 Å². The van der Waals surface area contributed by atoms with Gasteiger partial charge in [0.15, 0.2) is 0 Å². The minimum Gasteiger partial charge on any atom is -0.341 e. The maximum atomic E-state index is 12.7. The topological polar surface area (TPSA) is 101 Å². The third-order valence-corrected chi connectivity index (χ3v) is 6.43. The summed E-state index contributed by atoms with van der Waals surface area (Å²) in [5.41, 5.74) is 1.48. The first-order valence-electron chi connectivity index (χ1n) is 10.4. The van der Waals surface area contributed by atoms with Crippen LogP contribution in [0.1, 0.15) is 67.6 Å². The fourth-order valence-electron chi connectivity index (χ4n) is 3.99. The monoisotopic (exact) mass is 395 g/mol. The molecule has 1 aliphatic heterocycles. The van der Waals surface area contributed by atoms with Crippen LogP contribution < -0.4 is 5.32 Å². The summed E-state index contributed by atoms with van der Waals surface area (Å²) in [7, 11) is 0. The Kier molecular flexibility index (Phi) is 4.37. The van der Waals surface area contributed by atoms with Gasteiger partial charge in [-0.15, -0.1) is 0 Å². The molecule has 29 heavy (non-hydrogen) atoms.